The summed E-state index contributed by atoms with van der Waals surface area (Å²) in [5, 5.41) is 6.59. The third-order valence-electron chi connectivity index (χ3n) is 6.06. The Morgan fingerprint density at radius 2 is 1.03 bits per heavy atom. The van der Waals surface area contributed by atoms with Gasteiger partial charge in [-0.1, -0.05) is 109 Å². The Morgan fingerprint density at radius 3 is 1.46 bits per heavy atom. The van der Waals surface area contributed by atoms with Crippen molar-refractivity contribution in [1.29, 1.82) is 0 Å². The molecule has 0 saturated carbocycles. The summed E-state index contributed by atoms with van der Waals surface area (Å²) in [6.45, 7) is 2.17. The van der Waals surface area contributed by atoms with Crippen LogP contribution in [0.3, 0.4) is 0 Å². The number of hydrogen-bond donors (Lipinski definition) is 1. The molecule has 5 nitrogen and oxygen atoms in total. The van der Waals surface area contributed by atoms with Crippen LogP contribution in [-0.2, 0) is 9.30 Å². The van der Waals surface area contributed by atoms with Crippen LogP contribution in [0, 0.1) is 0 Å². The van der Waals surface area contributed by atoms with Crippen LogP contribution in [0.1, 0.15) is 0 Å². The first kappa shape index (κ1) is 23.8. The molecule has 1 heterocycles. The van der Waals surface area contributed by atoms with Gasteiger partial charge in [-0.3, -0.25) is 4.57 Å². The second-order valence-corrected chi connectivity index (χ2v) is 13.7. The summed E-state index contributed by atoms with van der Waals surface area (Å²) in [7, 11) is -6.12. The molecule has 7 heteroatoms. The molecule has 1 aliphatic rings. The third-order valence-corrected chi connectivity index (χ3v) is 13.0. The molecule has 1 N–H and O–H groups in total. The van der Waals surface area contributed by atoms with Gasteiger partial charge in [-0.05, 0) is 12.1 Å². The van der Waals surface area contributed by atoms with Gasteiger partial charge in [0.15, 0.2) is 0 Å². The van der Waals surface area contributed by atoms with Crippen molar-refractivity contribution in [3.8, 4) is 0 Å². The largest absolute Gasteiger partial charge is 0.379 e. The molecule has 5 rings (SSSR count). The van der Waals surface area contributed by atoms with Crippen LogP contribution in [0.25, 0.3) is 0 Å². The van der Waals surface area contributed by atoms with Crippen LogP contribution in [0.2, 0.25) is 0 Å². The second-order valence-electron chi connectivity index (χ2n) is 8.32. The number of nitrogens with one attached hydrogen (secondary N) is 1. The Morgan fingerprint density at radius 1 is 0.629 bits per heavy atom. The van der Waals surface area contributed by atoms with E-state index in [0.29, 0.717) is 26.3 Å². The van der Waals surface area contributed by atoms with E-state index in [1.807, 2.05) is 89.6 Å². The van der Waals surface area contributed by atoms with Crippen molar-refractivity contribution in [2.75, 3.05) is 31.4 Å². The molecule has 0 spiro atoms. The zero-order valence-electron chi connectivity index (χ0n) is 19.5. The molecule has 0 radical (unpaired) electrons. The summed E-state index contributed by atoms with van der Waals surface area (Å²) in [5.41, 5.74) is 0.790. The Bertz CT molecular complexity index is 1220. The Kier molecular flexibility index (Phi) is 7.32. The van der Waals surface area contributed by atoms with E-state index in [1.54, 1.807) is 0 Å². The molecular weight excluding hydrogens is 472 g/mol. The zero-order chi connectivity index (χ0) is 24.0. The van der Waals surface area contributed by atoms with E-state index in [2.05, 4.69) is 41.5 Å². The Hall–Kier alpha value is -2.94. The van der Waals surface area contributed by atoms with E-state index in [4.69, 9.17) is 9.25 Å². The summed E-state index contributed by atoms with van der Waals surface area (Å²) in [6.07, 6.45) is 0. The van der Waals surface area contributed by atoms with E-state index in [1.165, 1.54) is 0 Å². The quantitative estimate of drug-likeness (QED) is 0.330. The number of morpholine rings is 1. The molecule has 4 aromatic carbocycles. The SMILES string of the molecule is O=P(N=P(c1ccccc1)(c1ccccc1)c1ccccc1)(Nc1ccccc1)N1CCOCC1. The van der Waals surface area contributed by atoms with Crippen LogP contribution in [0.4, 0.5) is 5.69 Å². The molecule has 1 unspecified atom stereocenters. The number of rotatable bonds is 7. The van der Waals surface area contributed by atoms with Crippen molar-refractivity contribution < 1.29 is 9.30 Å². The molecule has 0 aliphatic carbocycles. The third kappa shape index (κ3) is 5.05. The lowest BCUT2D eigenvalue weighted by molar-refractivity contribution is 0.0723. The molecule has 0 aromatic heterocycles. The standard InChI is InChI=1S/C28H29N3O2P2/c32-35(31-21-23-33-24-22-31,29-25-13-5-1-6-14-25)30-34(26-15-7-2-8-16-26,27-17-9-3-10-18-27)28-19-11-4-12-20-28/h1-20H,21-24H2,(H,29,32). The van der Waals surface area contributed by atoms with Gasteiger partial charge >= 0.3 is 7.59 Å². The normalized spacial score (nSPS) is 16.2. The van der Waals surface area contributed by atoms with E-state index in [0.717, 1.165) is 21.6 Å². The summed E-state index contributed by atoms with van der Waals surface area (Å²) in [6, 6.07) is 40.7. The van der Waals surface area contributed by atoms with Crippen molar-refractivity contribution in [3.63, 3.8) is 0 Å². The lowest BCUT2D eigenvalue weighted by Gasteiger charge is -2.36. The number of para-hydroxylation sites is 1. The molecule has 1 saturated heterocycles. The van der Waals surface area contributed by atoms with Crippen LogP contribution < -0.4 is 21.0 Å². The minimum Gasteiger partial charge on any atom is -0.379 e. The number of ether oxygens (including phenoxy) is 1. The maximum absolute atomic E-state index is 15.1. The number of nitrogens with zero attached hydrogens (tertiary/aromatic N) is 2. The monoisotopic (exact) mass is 501 g/mol. The second kappa shape index (κ2) is 10.8. The first-order valence-corrected chi connectivity index (χ1v) is 15.1. The fourth-order valence-electron chi connectivity index (χ4n) is 4.37. The van der Waals surface area contributed by atoms with Crippen LogP contribution in [0.15, 0.2) is 126 Å². The minimum atomic E-state index is -3.46. The molecule has 0 bridgehead atoms. The predicted molar refractivity (Wildman–Crippen MR) is 148 cm³/mol. The summed E-state index contributed by atoms with van der Waals surface area (Å²) in [5.74, 6) is 0. The number of hydrogen-bond acceptors (Lipinski definition) is 2. The van der Waals surface area contributed by atoms with Gasteiger partial charge in [-0.2, -0.15) is 0 Å². The van der Waals surface area contributed by atoms with Gasteiger partial charge in [0.1, 0.15) is 0 Å². The minimum absolute atomic E-state index is 0.531. The molecule has 1 aliphatic heterocycles. The van der Waals surface area contributed by atoms with Gasteiger partial charge in [-0.15, -0.1) is 0 Å². The van der Waals surface area contributed by atoms with Crippen molar-refractivity contribution in [3.05, 3.63) is 121 Å². The molecular formula is C28H29N3O2P2. The van der Waals surface area contributed by atoms with E-state index >= 15 is 4.57 Å². The first-order valence-electron chi connectivity index (χ1n) is 11.8. The average Bonchev–Trinajstić information content (AvgIpc) is 2.94. The van der Waals surface area contributed by atoms with Crippen LogP contribution in [-0.4, -0.2) is 31.0 Å². The number of anilines is 1. The Labute approximate surface area is 207 Å². The van der Waals surface area contributed by atoms with Crippen molar-refractivity contribution in [2.24, 2.45) is 4.52 Å². The Balaban J connectivity index is 1.83. The maximum Gasteiger partial charge on any atom is 0.351 e. The predicted octanol–water partition coefficient (Wildman–Crippen LogP) is 5.72. The maximum atomic E-state index is 15.1. The highest BCUT2D eigenvalue weighted by Gasteiger charge is 2.38. The van der Waals surface area contributed by atoms with E-state index in [9.17, 15) is 0 Å². The van der Waals surface area contributed by atoms with Crippen molar-refractivity contribution >= 4 is 36.2 Å². The fraction of sp³-hybridized carbons (Fsp3) is 0.143. The molecule has 1 atom stereocenters. The van der Waals surface area contributed by atoms with Crippen molar-refractivity contribution in [1.82, 2.24) is 4.67 Å². The summed E-state index contributed by atoms with van der Waals surface area (Å²) < 4.78 is 28.2. The fourth-order valence-corrected chi connectivity index (χ4v) is 11.7. The van der Waals surface area contributed by atoms with Crippen molar-refractivity contribution in [2.45, 2.75) is 0 Å². The highest BCUT2D eigenvalue weighted by Crippen LogP contribution is 2.62. The highest BCUT2D eigenvalue weighted by atomic mass is 31.2. The molecule has 35 heavy (non-hydrogen) atoms. The molecule has 4 aromatic rings. The first-order chi connectivity index (χ1) is 17.2. The molecule has 0 amide bonds. The van der Waals surface area contributed by atoms with Gasteiger partial charge in [0.25, 0.3) is 0 Å². The van der Waals surface area contributed by atoms with Gasteiger partial charge in [0, 0.05) is 34.7 Å². The van der Waals surface area contributed by atoms with Gasteiger partial charge in [0.2, 0.25) is 0 Å². The summed E-state index contributed by atoms with van der Waals surface area (Å²) in [4.78, 5) is 0. The smallest absolute Gasteiger partial charge is 0.351 e. The van der Waals surface area contributed by atoms with Gasteiger partial charge in [-0.25, -0.2) is 9.19 Å². The van der Waals surface area contributed by atoms with Crippen LogP contribution >= 0.6 is 14.6 Å². The van der Waals surface area contributed by atoms with Gasteiger partial charge in [0.05, 0.1) is 20.3 Å². The highest BCUT2D eigenvalue weighted by molar-refractivity contribution is 7.91. The lowest BCUT2D eigenvalue weighted by Crippen LogP contribution is -2.35. The van der Waals surface area contributed by atoms with E-state index < -0.39 is 14.6 Å². The van der Waals surface area contributed by atoms with Crippen LogP contribution in [0.5, 0.6) is 0 Å². The molecule has 1 fully saturated rings. The van der Waals surface area contributed by atoms with Gasteiger partial charge < -0.3 is 9.82 Å². The summed E-state index contributed by atoms with van der Waals surface area (Å²) >= 11 is 0. The van der Waals surface area contributed by atoms with E-state index in [-0.39, 0.29) is 0 Å². The zero-order valence-corrected chi connectivity index (χ0v) is 21.3. The molecule has 178 valence electrons. The average molecular weight is 502 g/mol. The topological polar surface area (TPSA) is 53.9 Å². The number of benzene rings is 4. The lowest BCUT2D eigenvalue weighted by atomic mass is 10.3.